The number of aromatic nitrogens is 2. The van der Waals surface area contributed by atoms with Crippen LogP contribution in [0.5, 0.6) is 0 Å². The lowest BCUT2D eigenvalue weighted by atomic mass is 10.1. The maximum absolute atomic E-state index is 13.9. The minimum absolute atomic E-state index is 0.0119. The number of hydrogen-bond acceptors (Lipinski definition) is 5. The molecule has 0 aliphatic rings. The standard InChI is InChI=1S/C16H17ClF4N4O/c1-8(2)11(7-26)22-15-23-12(16(19,20)21)6-13(25-15)24-14-9(17)4-3-5-10(14)18/h3-6,8,11,26H,7H2,1-2H3,(H2,22,23,24,25)/t11-/m0/s1. The zero-order chi connectivity index (χ0) is 19.5. The van der Waals surface area contributed by atoms with Crippen LogP contribution in [0.3, 0.4) is 0 Å². The Morgan fingerprint density at radius 3 is 2.46 bits per heavy atom. The summed E-state index contributed by atoms with van der Waals surface area (Å²) < 4.78 is 53.3. The van der Waals surface area contributed by atoms with Gasteiger partial charge >= 0.3 is 6.18 Å². The Bertz CT molecular complexity index is 750. The summed E-state index contributed by atoms with van der Waals surface area (Å²) >= 11 is 5.88. The molecule has 1 aromatic carbocycles. The lowest BCUT2D eigenvalue weighted by molar-refractivity contribution is -0.141. The smallest absolute Gasteiger partial charge is 0.394 e. The normalized spacial score (nSPS) is 13.0. The van der Waals surface area contributed by atoms with Gasteiger partial charge < -0.3 is 15.7 Å². The molecule has 0 unspecified atom stereocenters. The molecule has 2 aromatic rings. The first-order valence-electron chi connectivity index (χ1n) is 7.66. The third kappa shape index (κ3) is 4.95. The summed E-state index contributed by atoms with van der Waals surface area (Å²) in [6, 6.07) is 3.96. The zero-order valence-corrected chi connectivity index (χ0v) is 14.7. The van der Waals surface area contributed by atoms with E-state index < -0.39 is 23.7 Å². The summed E-state index contributed by atoms with van der Waals surface area (Å²) in [7, 11) is 0. The number of hydrogen-bond donors (Lipinski definition) is 3. The Morgan fingerprint density at radius 2 is 1.92 bits per heavy atom. The molecule has 1 atom stereocenters. The molecular formula is C16H17ClF4N4O. The van der Waals surface area contributed by atoms with E-state index in [1.807, 2.05) is 0 Å². The maximum Gasteiger partial charge on any atom is 0.433 e. The number of nitrogens with zero attached hydrogens (tertiary/aromatic N) is 2. The second-order valence-electron chi connectivity index (χ2n) is 5.86. The number of benzene rings is 1. The molecule has 26 heavy (non-hydrogen) atoms. The fourth-order valence-electron chi connectivity index (χ4n) is 2.06. The fraction of sp³-hybridized carbons (Fsp3) is 0.375. The van der Waals surface area contributed by atoms with E-state index in [1.165, 1.54) is 12.1 Å². The van der Waals surface area contributed by atoms with Crippen molar-refractivity contribution in [2.24, 2.45) is 5.92 Å². The number of aliphatic hydroxyl groups excluding tert-OH is 1. The van der Waals surface area contributed by atoms with Crippen LogP contribution < -0.4 is 10.6 Å². The molecule has 0 bridgehead atoms. The minimum Gasteiger partial charge on any atom is -0.394 e. The summed E-state index contributed by atoms with van der Waals surface area (Å²) in [6.45, 7) is 3.23. The number of aliphatic hydroxyl groups is 1. The Labute approximate surface area is 152 Å². The average molecular weight is 393 g/mol. The average Bonchev–Trinajstić information content (AvgIpc) is 2.55. The van der Waals surface area contributed by atoms with Crippen LogP contribution in [0.1, 0.15) is 19.5 Å². The van der Waals surface area contributed by atoms with Crippen molar-refractivity contribution in [2.75, 3.05) is 17.2 Å². The highest BCUT2D eigenvalue weighted by atomic mass is 35.5. The van der Waals surface area contributed by atoms with E-state index in [1.54, 1.807) is 13.8 Å². The fourth-order valence-corrected chi connectivity index (χ4v) is 2.27. The van der Waals surface area contributed by atoms with Gasteiger partial charge in [-0.15, -0.1) is 0 Å². The Morgan fingerprint density at radius 1 is 1.23 bits per heavy atom. The quantitative estimate of drug-likeness (QED) is 0.633. The van der Waals surface area contributed by atoms with Crippen molar-refractivity contribution in [3.8, 4) is 0 Å². The molecule has 0 radical (unpaired) electrons. The molecular weight excluding hydrogens is 376 g/mol. The van der Waals surface area contributed by atoms with E-state index in [0.29, 0.717) is 6.07 Å². The molecule has 0 saturated heterocycles. The molecule has 0 amide bonds. The van der Waals surface area contributed by atoms with Crippen molar-refractivity contribution in [3.05, 3.63) is 40.8 Å². The first-order valence-corrected chi connectivity index (χ1v) is 8.04. The van der Waals surface area contributed by atoms with E-state index in [2.05, 4.69) is 20.6 Å². The van der Waals surface area contributed by atoms with Crippen LogP contribution in [0, 0.1) is 11.7 Å². The highest BCUT2D eigenvalue weighted by molar-refractivity contribution is 6.33. The lowest BCUT2D eigenvalue weighted by Crippen LogP contribution is -2.30. The summed E-state index contributed by atoms with van der Waals surface area (Å²) in [5.41, 5.74) is -1.42. The molecule has 0 aliphatic heterocycles. The third-order valence-electron chi connectivity index (χ3n) is 3.55. The van der Waals surface area contributed by atoms with Crippen molar-refractivity contribution in [1.29, 1.82) is 0 Å². The van der Waals surface area contributed by atoms with Crippen LogP contribution in [0.4, 0.5) is 35.0 Å². The Kier molecular flexibility index (Phi) is 6.25. The van der Waals surface area contributed by atoms with Gasteiger partial charge in [-0.05, 0) is 18.1 Å². The summed E-state index contributed by atoms with van der Waals surface area (Å²) in [5, 5.41) is 14.4. The van der Waals surface area contributed by atoms with E-state index >= 15 is 0 Å². The molecule has 1 aromatic heterocycles. The first-order chi connectivity index (χ1) is 12.1. The second kappa shape index (κ2) is 8.05. The summed E-state index contributed by atoms with van der Waals surface area (Å²) in [6.07, 6.45) is -4.73. The van der Waals surface area contributed by atoms with Crippen LogP contribution in [0.15, 0.2) is 24.3 Å². The number of nitrogens with one attached hydrogen (secondary N) is 2. The molecule has 10 heteroatoms. The SMILES string of the molecule is CC(C)[C@H](CO)Nc1nc(Nc2c(F)cccc2Cl)cc(C(F)(F)F)n1. The minimum atomic E-state index is -4.73. The Balaban J connectivity index is 2.43. The van der Waals surface area contributed by atoms with Gasteiger partial charge in [0.25, 0.3) is 0 Å². The van der Waals surface area contributed by atoms with Gasteiger partial charge in [0.05, 0.1) is 23.4 Å². The molecule has 0 saturated carbocycles. The Hall–Kier alpha value is -2.13. The number of rotatable bonds is 6. The van der Waals surface area contributed by atoms with Crippen molar-refractivity contribution in [2.45, 2.75) is 26.1 Å². The highest BCUT2D eigenvalue weighted by Gasteiger charge is 2.34. The van der Waals surface area contributed by atoms with E-state index in [4.69, 9.17) is 11.6 Å². The molecule has 2 rings (SSSR count). The van der Waals surface area contributed by atoms with E-state index in [0.717, 1.165) is 6.07 Å². The van der Waals surface area contributed by atoms with Gasteiger partial charge in [-0.2, -0.15) is 18.2 Å². The van der Waals surface area contributed by atoms with Crippen molar-refractivity contribution < 1.29 is 22.7 Å². The zero-order valence-electron chi connectivity index (χ0n) is 13.9. The number of anilines is 3. The van der Waals surface area contributed by atoms with Gasteiger partial charge in [-0.1, -0.05) is 31.5 Å². The second-order valence-corrected chi connectivity index (χ2v) is 6.27. The summed E-state index contributed by atoms with van der Waals surface area (Å²) in [4.78, 5) is 7.36. The maximum atomic E-state index is 13.9. The van der Waals surface area contributed by atoms with Gasteiger partial charge in [0.2, 0.25) is 5.95 Å². The van der Waals surface area contributed by atoms with Crippen LogP contribution >= 0.6 is 11.6 Å². The largest absolute Gasteiger partial charge is 0.433 e. The molecule has 1 heterocycles. The monoisotopic (exact) mass is 392 g/mol. The van der Waals surface area contributed by atoms with Gasteiger partial charge in [0, 0.05) is 6.07 Å². The topological polar surface area (TPSA) is 70.1 Å². The number of alkyl halides is 3. The van der Waals surface area contributed by atoms with Gasteiger partial charge in [-0.25, -0.2) is 9.37 Å². The predicted molar refractivity (Wildman–Crippen MR) is 91.1 cm³/mol. The van der Waals surface area contributed by atoms with E-state index in [9.17, 15) is 22.7 Å². The lowest BCUT2D eigenvalue weighted by Gasteiger charge is -2.21. The van der Waals surface area contributed by atoms with Gasteiger partial charge in [0.15, 0.2) is 5.69 Å². The van der Waals surface area contributed by atoms with Crippen LogP contribution in [-0.2, 0) is 6.18 Å². The van der Waals surface area contributed by atoms with Crippen LogP contribution in [-0.4, -0.2) is 27.7 Å². The number of para-hydroxylation sites is 1. The van der Waals surface area contributed by atoms with Crippen molar-refractivity contribution in [3.63, 3.8) is 0 Å². The highest BCUT2D eigenvalue weighted by Crippen LogP contribution is 2.32. The molecule has 0 spiro atoms. The molecule has 0 fully saturated rings. The van der Waals surface area contributed by atoms with Crippen molar-refractivity contribution >= 4 is 29.1 Å². The number of halogens is 5. The molecule has 0 aliphatic carbocycles. The van der Waals surface area contributed by atoms with Crippen LogP contribution in [0.2, 0.25) is 5.02 Å². The van der Waals surface area contributed by atoms with Gasteiger partial charge in [0.1, 0.15) is 11.6 Å². The van der Waals surface area contributed by atoms with Crippen molar-refractivity contribution in [1.82, 2.24) is 9.97 Å². The predicted octanol–water partition coefficient (Wildman–Crippen LogP) is 4.46. The van der Waals surface area contributed by atoms with E-state index in [-0.39, 0.29) is 35.0 Å². The van der Waals surface area contributed by atoms with Crippen LogP contribution in [0.25, 0.3) is 0 Å². The summed E-state index contributed by atoms with van der Waals surface area (Å²) in [5.74, 6) is -1.46. The van der Waals surface area contributed by atoms with Gasteiger partial charge in [-0.3, -0.25) is 0 Å². The molecule has 3 N–H and O–H groups in total. The third-order valence-corrected chi connectivity index (χ3v) is 3.86. The molecule has 142 valence electrons. The molecule has 5 nitrogen and oxygen atoms in total. The first kappa shape index (κ1) is 20.2.